The number of nitrogens with zero attached hydrogens (tertiary/aromatic N) is 7. The van der Waals surface area contributed by atoms with Crippen LogP contribution in [0.4, 0.5) is 0 Å². The van der Waals surface area contributed by atoms with Gasteiger partial charge in [-0.15, -0.1) is 10.2 Å². The first kappa shape index (κ1) is 9.40. The van der Waals surface area contributed by atoms with Crippen LogP contribution in [-0.4, -0.2) is 35.2 Å². The molecule has 1 aliphatic rings. The zero-order chi connectivity index (χ0) is 11.0. The Balaban J connectivity index is 1.79. The molecule has 0 bridgehead atoms. The normalized spacial score (nSPS) is 15.6. The van der Waals surface area contributed by atoms with E-state index in [1.54, 1.807) is 4.68 Å². The van der Waals surface area contributed by atoms with Gasteiger partial charge >= 0.3 is 0 Å². The van der Waals surface area contributed by atoms with Crippen LogP contribution in [0.3, 0.4) is 0 Å². The van der Waals surface area contributed by atoms with Crippen molar-refractivity contribution >= 4 is 0 Å². The SMILES string of the molecule is NCc1cn(Cc2nnnn2C2CC2)nn1. The summed E-state index contributed by atoms with van der Waals surface area (Å²) >= 11 is 0. The van der Waals surface area contributed by atoms with Crippen molar-refractivity contribution in [2.45, 2.75) is 32.0 Å². The second-order valence-electron chi connectivity index (χ2n) is 3.88. The highest BCUT2D eigenvalue weighted by molar-refractivity contribution is 4.95. The molecular formula is C8H12N8. The standard InChI is InChI=1S/C8H12N8/c9-3-6-4-15(13-10-6)5-8-11-12-14-16(8)7-1-2-7/h4,7H,1-3,5,9H2. The molecule has 0 aliphatic heterocycles. The van der Waals surface area contributed by atoms with Gasteiger partial charge in [0.25, 0.3) is 0 Å². The van der Waals surface area contributed by atoms with Crippen LogP contribution in [0.2, 0.25) is 0 Å². The molecule has 2 aromatic rings. The van der Waals surface area contributed by atoms with E-state index >= 15 is 0 Å². The highest BCUT2D eigenvalue weighted by Crippen LogP contribution is 2.34. The zero-order valence-corrected chi connectivity index (χ0v) is 8.69. The smallest absolute Gasteiger partial charge is 0.173 e. The third kappa shape index (κ3) is 1.67. The van der Waals surface area contributed by atoms with Crippen molar-refractivity contribution in [1.29, 1.82) is 0 Å². The highest BCUT2D eigenvalue weighted by Gasteiger charge is 2.27. The molecule has 16 heavy (non-hydrogen) atoms. The summed E-state index contributed by atoms with van der Waals surface area (Å²) in [5, 5.41) is 19.5. The Bertz CT molecular complexity index is 482. The lowest BCUT2D eigenvalue weighted by atomic mass is 10.5. The van der Waals surface area contributed by atoms with Crippen molar-refractivity contribution in [3.8, 4) is 0 Å². The van der Waals surface area contributed by atoms with Gasteiger partial charge in [-0.2, -0.15) is 0 Å². The Kier molecular flexibility index (Phi) is 2.13. The molecule has 0 aromatic carbocycles. The number of hydrogen-bond acceptors (Lipinski definition) is 6. The minimum absolute atomic E-state index is 0.396. The predicted molar refractivity (Wildman–Crippen MR) is 53.1 cm³/mol. The van der Waals surface area contributed by atoms with Crippen LogP contribution in [0.1, 0.15) is 30.4 Å². The van der Waals surface area contributed by atoms with Gasteiger partial charge in [-0.1, -0.05) is 5.21 Å². The van der Waals surface area contributed by atoms with Crippen molar-refractivity contribution in [2.24, 2.45) is 5.73 Å². The van der Waals surface area contributed by atoms with E-state index in [2.05, 4.69) is 25.8 Å². The van der Waals surface area contributed by atoms with Gasteiger partial charge in [0.05, 0.1) is 17.9 Å². The summed E-state index contributed by atoms with van der Waals surface area (Å²) in [6, 6.07) is 0.475. The summed E-state index contributed by atoms with van der Waals surface area (Å²) in [6.07, 6.45) is 4.12. The topological polar surface area (TPSA) is 100 Å². The molecule has 1 aliphatic carbocycles. The molecule has 2 aromatic heterocycles. The maximum atomic E-state index is 5.46. The molecule has 3 rings (SSSR count). The summed E-state index contributed by atoms with van der Waals surface area (Å²) in [4.78, 5) is 0. The van der Waals surface area contributed by atoms with E-state index in [0.717, 1.165) is 24.4 Å². The molecule has 0 atom stereocenters. The molecule has 0 saturated heterocycles. The Hall–Kier alpha value is -1.83. The van der Waals surface area contributed by atoms with Crippen LogP contribution >= 0.6 is 0 Å². The van der Waals surface area contributed by atoms with Gasteiger partial charge in [0.15, 0.2) is 5.82 Å². The van der Waals surface area contributed by atoms with Gasteiger partial charge in [0, 0.05) is 6.54 Å². The molecule has 84 valence electrons. The van der Waals surface area contributed by atoms with Crippen molar-refractivity contribution in [2.75, 3.05) is 0 Å². The van der Waals surface area contributed by atoms with E-state index in [1.807, 2.05) is 10.9 Å². The van der Waals surface area contributed by atoms with Crippen LogP contribution in [0.5, 0.6) is 0 Å². The minimum atomic E-state index is 0.396. The summed E-state index contributed by atoms with van der Waals surface area (Å²) in [6.45, 7) is 0.935. The van der Waals surface area contributed by atoms with Gasteiger partial charge < -0.3 is 5.73 Å². The third-order valence-corrected chi connectivity index (χ3v) is 2.55. The minimum Gasteiger partial charge on any atom is -0.325 e. The van der Waals surface area contributed by atoms with Crippen LogP contribution in [0, 0.1) is 0 Å². The van der Waals surface area contributed by atoms with Gasteiger partial charge in [-0.3, -0.25) is 0 Å². The third-order valence-electron chi connectivity index (χ3n) is 2.55. The predicted octanol–water partition coefficient (Wildman–Crippen LogP) is -0.894. The number of nitrogens with two attached hydrogens (primary N) is 1. The lowest BCUT2D eigenvalue weighted by Crippen LogP contribution is -2.09. The molecule has 0 spiro atoms. The molecule has 2 heterocycles. The second-order valence-corrected chi connectivity index (χ2v) is 3.88. The first-order chi connectivity index (χ1) is 7.86. The van der Waals surface area contributed by atoms with Gasteiger partial charge in [0.1, 0.15) is 6.54 Å². The van der Waals surface area contributed by atoms with E-state index in [1.165, 1.54) is 0 Å². The van der Waals surface area contributed by atoms with Crippen LogP contribution < -0.4 is 5.73 Å². The average molecular weight is 220 g/mol. The summed E-state index contributed by atoms with van der Waals surface area (Å²) in [5.74, 6) is 0.816. The van der Waals surface area contributed by atoms with Crippen LogP contribution in [-0.2, 0) is 13.1 Å². The fraction of sp³-hybridized carbons (Fsp3) is 0.625. The van der Waals surface area contributed by atoms with Gasteiger partial charge in [0.2, 0.25) is 0 Å². The van der Waals surface area contributed by atoms with Crippen LogP contribution in [0.15, 0.2) is 6.20 Å². The van der Waals surface area contributed by atoms with Gasteiger partial charge in [-0.25, -0.2) is 9.36 Å². The number of aromatic nitrogens is 7. The van der Waals surface area contributed by atoms with Crippen molar-refractivity contribution in [3.05, 3.63) is 17.7 Å². The van der Waals surface area contributed by atoms with Crippen LogP contribution in [0.25, 0.3) is 0 Å². The Morgan fingerprint density at radius 3 is 2.88 bits per heavy atom. The van der Waals surface area contributed by atoms with Crippen molar-refractivity contribution in [3.63, 3.8) is 0 Å². The Morgan fingerprint density at radius 1 is 1.31 bits per heavy atom. The molecule has 8 heteroatoms. The Labute approximate surface area is 91.4 Å². The van der Waals surface area contributed by atoms with E-state index in [9.17, 15) is 0 Å². The van der Waals surface area contributed by atoms with Gasteiger partial charge in [-0.05, 0) is 23.3 Å². The fourth-order valence-electron chi connectivity index (χ4n) is 1.57. The molecule has 1 fully saturated rings. The van der Waals surface area contributed by atoms with E-state index in [0.29, 0.717) is 19.1 Å². The number of tetrazole rings is 1. The van der Waals surface area contributed by atoms with E-state index < -0.39 is 0 Å². The van der Waals surface area contributed by atoms with Crippen molar-refractivity contribution < 1.29 is 0 Å². The maximum absolute atomic E-state index is 5.46. The summed E-state index contributed by atoms with van der Waals surface area (Å²) < 4.78 is 3.57. The number of hydrogen-bond donors (Lipinski definition) is 1. The zero-order valence-electron chi connectivity index (χ0n) is 8.69. The Morgan fingerprint density at radius 2 is 2.19 bits per heavy atom. The molecule has 1 saturated carbocycles. The molecular weight excluding hydrogens is 208 g/mol. The highest BCUT2D eigenvalue weighted by atomic mass is 15.6. The first-order valence-corrected chi connectivity index (χ1v) is 5.22. The summed E-state index contributed by atoms with van der Waals surface area (Å²) in [7, 11) is 0. The second kappa shape index (κ2) is 3.63. The quantitative estimate of drug-likeness (QED) is 0.717. The summed E-state index contributed by atoms with van der Waals surface area (Å²) in [5.41, 5.74) is 6.23. The van der Waals surface area contributed by atoms with E-state index in [-0.39, 0.29) is 0 Å². The van der Waals surface area contributed by atoms with E-state index in [4.69, 9.17) is 5.73 Å². The molecule has 0 unspecified atom stereocenters. The fourth-order valence-corrected chi connectivity index (χ4v) is 1.57. The molecule has 0 radical (unpaired) electrons. The average Bonchev–Trinajstić information content (AvgIpc) is 2.88. The first-order valence-electron chi connectivity index (χ1n) is 5.22. The maximum Gasteiger partial charge on any atom is 0.173 e. The molecule has 2 N–H and O–H groups in total. The lowest BCUT2D eigenvalue weighted by molar-refractivity contribution is 0.543. The largest absolute Gasteiger partial charge is 0.325 e. The lowest BCUT2D eigenvalue weighted by Gasteiger charge is -2.01. The monoisotopic (exact) mass is 220 g/mol. The molecule has 8 nitrogen and oxygen atoms in total. The number of rotatable bonds is 4. The molecule has 0 amide bonds. The van der Waals surface area contributed by atoms with Crippen molar-refractivity contribution in [1.82, 2.24) is 35.2 Å².